The number of nitrogens with zero attached hydrogens (tertiary/aromatic N) is 1. The van der Waals surface area contributed by atoms with Crippen molar-refractivity contribution in [2.24, 2.45) is 0 Å². The van der Waals surface area contributed by atoms with Crippen LogP contribution in [0.4, 0.5) is 10.8 Å². The SMILES string of the molecule is Cc1cccc(Nc2nc(-c3cccc(C)c3)c(S(C)(=O)=O)c(=S)s2)c1. The third kappa shape index (κ3) is 4.17. The van der Waals surface area contributed by atoms with Crippen LogP contribution >= 0.6 is 23.6 Å². The van der Waals surface area contributed by atoms with Crippen molar-refractivity contribution in [1.29, 1.82) is 0 Å². The Bertz CT molecular complexity index is 1140. The Kier molecular flexibility index (Phi) is 5.22. The molecule has 0 unspecified atom stereocenters. The number of aromatic nitrogens is 1. The van der Waals surface area contributed by atoms with Gasteiger partial charge in [0.25, 0.3) is 0 Å². The molecule has 0 fully saturated rings. The van der Waals surface area contributed by atoms with Crippen LogP contribution in [0.3, 0.4) is 0 Å². The average molecular weight is 403 g/mol. The Morgan fingerprint density at radius 3 is 2.31 bits per heavy atom. The number of aryl methyl sites for hydroxylation is 2. The zero-order chi connectivity index (χ0) is 18.9. The Morgan fingerprint density at radius 2 is 1.69 bits per heavy atom. The zero-order valence-electron chi connectivity index (χ0n) is 14.6. The summed E-state index contributed by atoms with van der Waals surface area (Å²) in [5, 5.41) is 3.79. The van der Waals surface area contributed by atoms with Gasteiger partial charge in [0.2, 0.25) is 0 Å². The van der Waals surface area contributed by atoms with Crippen LogP contribution in [0.15, 0.2) is 53.4 Å². The van der Waals surface area contributed by atoms with Crippen molar-refractivity contribution < 1.29 is 8.42 Å². The Labute approximate surface area is 162 Å². The second-order valence-electron chi connectivity index (χ2n) is 6.12. The van der Waals surface area contributed by atoms with E-state index in [-0.39, 0.29) is 4.90 Å². The molecule has 0 amide bonds. The summed E-state index contributed by atoms with van der Waals surface area (Å²) in [5.41, 5.74) is 4.14. The summed E-state index contributed by atoms with van der Waals surface area (Å²) in [7, 11) is -3.51. The van der Waals surface area contributed by atoms with E-state index in [2.05, 4.69) is 10.3 Å². The monoisotopic (exact) mass is 402 g/mol. The molecule has 0 atom stereocenters. The maximum absolute atomic E-state index is 12.3. The average Bonchev–Trinajstić information content (AvgIpc) is 2.53. The Morgan fingerprint density at radius 1 is 1.04 bits per heavy atom. The lowest BCUT2D eigenvalue weighted by molar-refractivity contribution is 0.602. The summed E-state index contributed by atoms with van der Waals surface area (Å²) in [4.78, 5) is 4.71. The van der Waals surface area contributed by atoms with Gasteiger partial charge in [-0.3, -0.25) is 0 Å². The fraction of sp³-hybridized carbons (Fsp3) is 0.158. The van der Waals surface area contributed by atoms with E-state index in [1.807, 2.05) is 62.4 Å². The molecule has 0 aliphatic carbocycles. The number of hydrogen-bond acceptors (Lipinski definition) is 6. The number of nitrogens with one attached hydrogen (secondary N) is 1. The second kappa shape index (κ2) is 7.26. The van der Waals surface area contributed by atoms with Crippen molar-refractivity contribution in [3.63, 3.8) is 0 Å². The first-order chi connectivity index (χ1) is 12.2. The molecular weight excluding hydrogens is 384 g/mol. The molecule has 26 heavy (non-hydrogen) atoms. The Balaban J connectivity index is 2.19. The minimum atomic E-state index is -3.51. The van der Waals surface area contributed by atoms with Crippen LogP contribution in [0.2, 0.25) is 0 Å². The van der Waals surface area contributed by atoms with Gasteiger partial charge in [0, 0.05) is 17.5 Å². The van der Waals surface area contributed by atoms with Crippen LogP contribution in [0.25, 0.3) is 11.3 Å². The highest BCUT2D eigenvalue weighted by atomic mass is 32.2. The van der Waals surface area contributed by atoms with Gasteiger partial charge >= 0.3 is 0 Å². The second-order valence-corrected chi connectivity index (χ2v) is 9.74. The van der Waals surface area contributed by atoms with Crippen molar-refractivity contribution >= 4 is 44.2 Å². The first-order valence-corrected chi connectivity index (χ1v) is 11.0. The first kappa shape index (κ1) is 18.7. The van der Waals surface area contributed by atoms with Crippen molar-refractivity contribution in [3.8, 4) is 11.3 Å². The van der Waals surface area contributed by atoms with E-state index in [0.29, 0.717) is 14.6 Å². The van der Waals surface area contributed by atoms with Gasteiger partial charge in [-0.25, -0.2) is 13.4 Å². The van der Waals surface area contributed by atoms with E-state index >= 15 is 0 Å². The molecule has 0 radical (unpaired) electrons. The summed E-state index contributed by atoms with van der Waals surface area (Å²) < 4.78 is 25.0. The van der Waals surface area contributed by atoms with E-state index in [4.69, 9.17) is 12.2 Å². The van der Waals surface area contributed by atoms with Gasteiger partial charge < -0.3 is 5.32 Å². The molecule has 0 aliphatic rings. The number of anilines is 2. The van der Waals surface area contributed by atoms with Crippen molar-refractivity contribution in [1.82, 2.24) is 4.98 Å². The normalized spacial score (nSPS) is 11.3. The molecular formula is C19H18N2O2S3. The zero-order valence-corrected chi connectivity index (χ0v) is 17.1. The van der Waals surface area contributed by atoms with Crippen LogP contribution in [0.1, 0.15) is 11.1 Å². The minimum absolute atomic E-state index is 0.109. The van der Waals surface area contributed by atoms with E-state index in [9.17, 15) is 8.42 Å². The van der Waals surface area contributed by atoms with Gasteiger partial charge in [-0.05, 0) is 37.6 Å². The lowest BCUT2D eigenvalue weighted by Crippen LogP contribution is -2.04. The molecule has 1 aromatic heterocycles. The first-order valence-electron chi connectivity index (χ1n) is 7.90. The molecule has 0 bridgehead atoms. The van der Waals surface area contributed by atoms with E-state index in [1.165, 1.54) is 6.26 Å². The molecule has 7 heteroatoms. The van der Waals surface area contributed by atoms with Gasteiger partial charge in [0.15, 0.2) is 15.0 Å². The third-order valence-electron chi connectivity index (χ3n) is 3.73. The molecule has 134 valence electrons. The van der Waals surface area contributed by atoms with Crippen molar-refractivity contribution in [3.05, 3.63) is 63.5 Å². The molecule has 1 heterocycles. The molecule has 2 aromatic carbocycles. The highest BCUT2D eigenvalue weighted by molar-refractivity contribution is 7.91. The van der Waals surface area contributed by atoms with Crippen LogP contribution in [-0.2, 0) is 9.84 Å². The fourth-order valence-electron chi connectivity index (χ4n) is 2.62. The third-order valence-corrected chi connectivity index (χ3v) is 6.36. The molecule has 0 aliphatic heterocycles. The predicted molar refractivity (Wildman–Crippen MR) is 111 cm³/mol. The number of hydrogen-bond donors (Lipinski definition) is 1. The van der Waals surface area contributed by atoms with Crippen molar-refractivity contribution in [2.45, 2.75) is 18.7 Å². The van der Waals surface area contributed by atoms with Crippen LogP contribution in [-0.4, -0.2) is 19.7 Å². The van der Waals surface area contributed by atoms with Crippen molar-refractivity contribution in [2.75, 3.05) is 11.6 Å². The van der Waals surface area contributed by atoms with E-state index in [0.717, 1.165) is 33.7 Å². The molecule has 0 saturated heterocycles. The van der Waals surface area contributed by atoms with Gasteiger partial charge in [0.05, 0.1) is 5.69 Å². The smallest absolute Gasteiger partial charge is 0.189 e. The summed E-state index contributed by atoms with van der Waals surface area (Å²) >= 11 is 6.57. The largest absolute Gasteiger partial charge is 0.331 e. The standard InChI is InChI=1S/C19H18N2O2S3/c1-12-6-4-8-14(10-12)16-17(26(3,22)23)18(24)25-19(21-16)20-15-9-5-7-13(2)11-15/h4-11H,1-3H3,(H,20,21). The summed E-state index contributed by atoms with van der Waals surface area (Å²) in [6, 6.07) is 15.5. The lowest BCUT2D eigenvalue weighted by Gasteiger charge is -2.12. The molecule has 3 aromatic rings. The van der Waals surface area contributed by atoms with Gasteiger partial charge in [-0.1, -0.05) is 59.4 Å². The molecule has 1 N–H and O–H groups in total. The molecule has 4 nitrogen and oxygen atoms in total. The quantitative estimate of drug-likeness (QED) is 0.600. The number of benzene rings is 2. The highest BCUT2D eigenvalue weighted by Crippen LogP contribution is 2.33. The maximum Gasteiger partial charge on any atom is 0.189 e. The summed E-state index contributed by atoms with van der Waals surface area (Å²) in [6.45, 7) is 3.96. The van der Waals surface area contributed by atoms with Gasteiger partial charge in [0.1, 0.15) is 8.72 Å². The van der Waals surface area contributed by atoms with Crippen LogP contribution < -0.4 is 5.32 Å². The topological polar surface area (TPSA) is 59.1 Å². The molecule has 0 saturated carbocycles. The van der Waals surface area contributed by atoms with E-state index in [1.54, 1.807) is 0 Å². The van der Waals surface area contributed by atoms with Crippen LogP contribution in [0, 0.1) is 17.7 Å². The molecule has 0 spiro atoms. The summed E-state index contributed by atoms with van der Waals surface area (Å²) in [6.07, 6.45) is 1.17. The number of rotatable bonds is 4. The van der Waals surface area contributed by atoms with Gasteiger partial charge in [-0.2, -0.15) is 0 Å². The number of sulfone groups is 1. The molecule has 3 rings (SSSR count). The van der Waals surface area contributed by atoms with Crippen LogP contribution in [0.5, 0.6) is 0 Å². The maximum atomic E-state index is 12.3. The summed E-state index contributed by atoms with van der Waals surface area (Å²) in [5.74, 6) is 0. The Hall–Kier alpha value is -2.09. The fourth-order valence-corrected chi connectivity index (χ4v) is 5.48. The van der Waals surface area contributed by atoms with Gasteiger partial charge in [-0.15, -0.1) is 0 Å². The predicted octanol–water partition coefficient (Wildman–Crippen LogP) is 5.30. The van der Waals surface area contributed by atoms with E-state index < -0.39 is 9.84 Å². The minimum Gasteiger partial charge on any atom is -0.331 e. The highest BCUT2D eigenvalue weighted by Gasteiger charge is 2.20. The lowest BCUT2D eigenvalue weighted by atomic mass is 10.1.